The van der Waals surface area contributed by atoms with Gasteiger partial charge in [-0.2, -0.15) is 4.68 Å². The average Bonchev–Trinajstić information content (AvgIpc) is 2.91. The summed E-state index contributed by atoms with van der Waals surface area (Å²) in [5.74, 6) is -0.131. The smallest absolute Gasteiger partial charge is 0.358 e. The largest absolute Gasteiger partial charge is 0.389 e. The van der Waals surface area contributed by atoms with Crippen LogP contribution in [0.4, 0.5) is 10.9 Å². The lowest BCUT2D eigenvalue weighted by molar-refractivity contribution is -0.389. The van der Waals surface area contributed by atoms with Crippen molar-refractivity contribution in [1.29, 1.82) is 0 Å². The Hall–Kier alpha value is -2.03. The molecule has 2 aromatic heterocycles. The highest BCUT2D eigenvalue weighted by molar-refractivity contribution is 7.15. The fraction of sp³-hybridized carbons (Fsp3) is 0.500. The fourth-order valence-corrected chi connectivity index (χ4v) is 2.40. The lowest BCUT2D eigenvalue weighted by Crippen LogP contribution is -2.02. The summed E-state index contributed by atoms with van der Waals surface area (Å²) in [4.78, 5) is 10.0. The minimum Gasteiger partial charge on any atom is -0.358 e. The lowest BCUT2D eigenvalue weighted by Gasteiger charge is -1.94. The molecule has 1 fully saturated rings. The van der Waals surface area contributed by atoms with Crippen molar-refractivity contribution < 1.29 is 4.92 Å². The molecule has 0 aliphatic heterocycles. The normalized spacial score (nSPS) is 14.5. The zero-order chi connectivity index (χ0) is 13.2. The number of anilines is 1. The topological polar surface area (TPSA) is 98.8 Å². The quantitative estimate of drug-likeness (QED) is 0.635. The van der Waals surface area contributed by atoms with E-state index in [-0.39, 0.29) is 5.82 Å². The van der Waals surface area contributed by atoms with Crippen LogP contribution in [0.5, 0.6) is 0 Å². The molecule has 0 atom stereocenters. The van der Waals surface area contributed by atoms with Gasteiger partial charge in [0.15, 0.2) is 0 Å². The molecule has 1 aliphatic carbocycles. The van der Waals surface area contributed by atoms with Crippen molar-refractivity contribution >= 4 is 22.3 Å². The number of hydrogen-bond donors (Lipinski definition) is 1. The Morgan fingerprint density at radius 1 is 1.53 bits per heavy atom. The molecule has 1 N–H and O–H groups in total. The highest BCUT2D eigenvalue weighted by Crippen LogP contribution is 2.26. The molecule has 0 radical (unpaired) electrons. The third-order valence-corrected chi connectivity index (χ3v) is 3.65. The first kappa shape index (κ1) is 12.0. The van der Waals surface area contributed by atoms with Gasteiger partial charge in [-0.05, 0) is 17.8 Å². The highest BCUT2D eigenvalue weighted by Gasteiger charge is 2.22. The highest BCUT2D eigenvalue weighted by atomic mass is 32.1. The van der Waals surface area contributed by atoms with E-state index in [9.17, 15) is 10.1 Å². The van der Waals surface area contributed by atoms with Crippen LogP contribution in [-0.2, 0) is 13.0 Å². The molecule has 1 aliphatic rings. The zero-order valence-electron chi connectivity index (χ0n) is 10.0. The SMILES string of the molecule is O=[N+]([O-])c1ccn(CCc2nnc(NC3CC3)s2)n1. The van der Waals surface area contributed by atoms with E-state index in [0.717, 1.165) is 10.1 Å². The van der Waals surface area contributed by atoms with E-state index in [2.05, 4.69) is 20.6 Å². The zero-order valence-corrected chi connectivity index (χ0v) is 10.8. The van der Waals surface area contributed by atoms with Crippen LogP contribution in [0.2, 0.25) is 0 Å². The van der Waals surface area contributed by atoms with E-state index in [0.29, 0.717) is 19.0 Å². The van der Waals surface area contributed by atoms with Gasteiger partial charge in [0.25, 0.3) is 0 Å². The minimum absolute atomic E-state index is 0.131. The van der Waals surface area contributed by atoms with Crippen molar-refractivity contribution in [3.63, 3.8) is 0 Å². The monoisotopic (exact) mass is 280 g/mol. The Morgan fingerprint density at radius 3 is 3.05 bits per heavy atom. The fourth-order valence-electron chi connectivity index (χ4n) is 1.60. The third kappa shape index (κ3) is 3.05. The third-order valence-electron chi connectivity index (χ3n) is 2.74. The lowest BCUT2D eigenvalue weighted by atomic mass is 10.4. The molecule has 3 rings (SSSR count). The Bertz CT molecular complexity index is 590. The Morgan fingerprint density at radius 2 is 2.37 bits per heavy atom. The summed E-state index contributed by atoms with van der Waals surface area (Å²) >= 11 is 1.53. The van der Waals surface area contributed by atoms with Gasteiger partial charge in [0.05, 0.1) is 23.9 Å². The van der Waals surface area contributed by atoms with E-state index in [1.165, 1.54) is 30.2 Å². The molecule has 8 nitrogen and oxygen atoms in total. The molecule has 19 heavy (non-hydrogen) atoms. The van der Waals surface area contributed by atoms with Crippen molar-refractivity contribution in [3.8, 4) is 0 Å². The number of aryl methyl sites for hydroxylation is 2. The number of hydrogen-bond acceptors (Lipinski definition) is 7. The van der Waals surface area contributed by atoms with Crippen molar-refractivity contribution in [3.05, 3.63) is 27.4 Å². The summed E-state index contributed by atoms with van der Waals surface area (Å²) < 4.78 is 1.55. The number of aromatic nitrogens is 4. The summed E-state index contributed by atoms with van der Waals surface area (Å²) in [6, 6.07) is 1.95. The summed E-state index contributed by atoms with van der Waals surface area (Å²) in [7, 11) is 0. The number of nitrogens with one attached hydrogen (secondary N) is 1. The van der Waals surface area contributed by atoms with E-state index >= 15 is 0 Å². The summed E-state index contributed by atoms with van der Waals surface area (Å²) in [6.07, 6.45) is 4.67. The van der Waals surface area contributed by atoms with Crippen molar-refractivity contribution in [2.45, 2.75) is 31.8 Å². The van der Waals surface area contributed by atoms with Crippen molar-refractivity contribution in [2.24, 2.45) is 0 Å². The standard InChI is InChI=1S/C10H12N6O2S/c17-16(18)8-3-5-15(14-8)6-4-9-12-13-10(19-9)11-7-1-2-7/h3,5,7H,1-2,4,6H2,(H,11,13). The van der Waals surface area contributed by atoms with Gasteiger partial charge in [0.1, 0.15) is 5.01 Å². The van der Waals surface area contributed by atoms with Crippen LogP contribution < -0.4 is 5.32 Å². The second-order valence-corrected chi connectivity index (χ2v) is 5.43. The second-order valence-electron chi connectivity index (χ2n) is 4.36. The van der Waals surface area contributed by atoms with Crippen LogP contribution in [0.3, 0.4) is 0 Å². The molecular formula is C10H12N6O2S. The van der Waals surface area contributed by atoms with E-state index in [4.69, 9.17) is 0 Å². The van der Waals surface area contributed by atoms with Gasteiger partial charge < -0.3 is 15.4 Å². The Kier molecular flexibility index (Phi) is 3.11. The van der Waals surface area contributed by atoms with Gasteiger partial charge in [-0.3, -0.25) is 0 Å². The molecule has 0 amide bonds. The summed E-state index contributed by atoms with van der Waals surface area (Å²) in [5.41, 5.74) is 0. The predicted molar refractivity (Wildman–Crippen MR) is 69.1 cm³/mol. The molecule has 2 aromatic rings. The van der Waals surface area contributed by atoms with Crippen LogP contribution in [0.15, 0.2) is 12.3 Å². The maximum atomic E-state index is 10.5. The maximum Gasteiger partial charge on any atom is 0.389 e. The molecule has 0 saturated heterocycles. The predicted octanol–water partition coefficient (Wildman–Crippen LogP) is 1.46. The van der Waals surface area contributed by atoms with Crippen LogP contribution in [0.25, 0.3) is 0 Å². The average molecular weight is 280 g/mol. The van der Waals surface area contributed by atoms with E-state index < -0.39 is 4.92 Å². The first-order valence-electron chi connectivity index (χ1n) is 5.97. The van der Waals surface area contributed by atoms with Gasteiger partial charge in [0.2, 0.25) is 5.13 Å². The van der Waals surface area contributed by atoms with Crippen molar-refractivity contribution in [2.75, 3.05) is 5.32 Å². The molecule has 0 spiro atoms. The van der Waals surface area contributed by atoms with Crippen LogP contribution in [0, 0.1) is 10.1 Å². The van der Waals surface area contributed by atoms with Crippen LogP contribution in [-0.4, -0.2) is 30.9 Å². The molecule has 2 heterocycles. The van der Waals surface area contributed by atoms with Crippen molar-refractivity contribution in [1.82, 2.24) is 20.0 Å². The van der Waals surface area contributed by atoms with E-state index in [1.807, 2.05) is 0 Å². The van der Waals surface area contributed by atoms with Gasteiger partial charge in [-0.15, -0.1) is 10.2 Å². The first-order valence-corrected chi connectivity index (χ1v) is 6.79. The van der Waals surface area contributed by atoms with Gasteiger partial charge in [0, 0.05) is 12.5 Å². The Labute approximate surface area is 112 Å². The molecule has 1 saturated carbocycles. The second kappa shape index (κ2) is 4.92. The van der Waals surface area contributed by atoms with Crippen LogP contribution in [0.1, 0.15) is 17.8 Å². The molecule has 0 unspecified atom stereocenters. The van der Waals surface area contributed by atoms with Crippen LogP contribution >= 0.6 is 11.3 Å². The van der Waals surface area contributed by atoms with Gasteiger partial charge in [-0.1, -0.05) is 11.3 Å². The van der Waals surface area contributed by atoms with Gasteiger partial charge in [-0.25, -0.2) is 0 Å². The molecule has 9 heteroatoms. The summed E-state index contributed by atoms with van der Waals surface area (Å²) in [5, 5.41) is 27.5. The number of nitrogens with zero attached hydrogens (tertiary/aromatic N) is 5. The maximum absolute atomic E-state index is 10.5. The number of rotatable bonds is 6. The number of nitro groups is 1. The molecule has 0 aromatic carbocycles. The molecular weight excluding hydrogens is 268 g/mol. The van der Waals surface area contributed by atoms with E-state index in [1.54, 1.807) is 10.9 Å². The first-order chi connectivity index (χ1) is 9.20. The molecule has 0 bridgehead atoms. The minimum atomic E-state index is -0.501. The van der Waals surface area contributed by atoms with Gasteiger partial charge >= 0.3 is 5.82 Å². The summed E-state index contributed by atoms with van der Waals surface area (Å²) in [6.45, 7) is 0.561. The Balaban J connectivity index is 1.55. The molecule has 100 valence electrons.